The third kappa shape index (κ3) is 5.05. The van der Waals surface area contributed by atoms with Gasteiger partial charge >= 0.3 is 0 Å². The molecule has 0 spiro atoms. The predicted molar refractivity (Wildman–Crippen MR) is 223 cm³/mol. The summed E-state index contributed by atoms with van der Waals surface area (Å²) in [4.78, 5) is 23.3. The van der Waals surface area contributed by atoms with Crippen molar-refractivity contribution >= 4 is 56.6 Å². The molecule has 0 saturated heterocycles. The van der Waals surface area contributed by atoms with E-state index in [1.54, 1.807) is 12.4 Å². The average Bonchev–Trinajstić information content (AvgIpc) is 3.92. The van der Waals surface area contributed by atoms with Gasteiger partial charge < -0.3 is 28.1 Å². The third-order valence-electron chi connectivity index (χ3n) is 10.5. The first kappa shape index (κ1) is 32.0. The molecule has 2 aliphatic rings. The molecule has 6 heterocycles. The molecular weight excluding hydrogens is 725 g/mol. The molecule has 0 aliphatic carbocycles. The Morgan fingerprint density at radius 1 is 0.362 bits per heavy atom. The number of rotatable bonds is 5. The molecule has 0 atom stereocenters. The molecule has 6 aromatic carbocycles. The summed E-state index contributed by atoms with van der Waals surface area (Å²) in [6.45, 7) is 0. The quantitative estimate of drug-likeness (QED) is 0.169. The molecule has 0 radical (unpaired) electrons. The highest BCUT2D eigenvalue weighted by molar-refractivity contribution is 5.97. The van der Waals surface area contributed by atoms with E-state index >= 15 is 0 Å². The van der Waals surface area contributed by atoms with Gasteiger partial charge in [-0.1, -0.05) is 60.7 Å². The first-order valence-corrected chi connectivity index (χ1v) is 18.8. The molecule has 4 aromatic heterocycles. The molecule has 0 N–H and O–H groups in total. The van der Waals surface area contributed by atoms with Crippen molar-refractivity contribution in [1.29, 1.82) is 0 Å². The van der Waals surface area contributed by atoms with Crippen LogP contribution in [0, 0.1) is 0 Å². The summed E-state index contributed by atoms with van der Waals surface area (Å²) in [5, 5.41) is 0. The fourth-order valence-electron chi connectivity index (χ4n) is 7.90. The van der Waals surface area contributed by atoms with Crippen LogP contribution >= 0.6 is 0 Å². The molecule has 0 amide bonds. The molecule has 0 unspecified atom stereocenters. The van der Waals surface area contributed by atoms with Gasteiger partial charge in [0.05, 0.1) is 22.7 Å². The van der Waals surface area contributed by atoms with Gasteiger partial charge in [-0.25, -0.2) is 9.97 Å². The lowest BCUT2D eigenvalue weighted by atomic mass is 9.93. The zero-order valence-corrected chi connectivity index (χ0v) is 30.5. The van der Waals surface area contributed by atoms with E-state index in [4.69, 9.17) is 28.3 Å². The number of ether oxygens (including phenoxy) is 2. The van der Waals surface area contributed by atoms with Crippen molar-refractivity contribution in [3.63, 3.8) is 0 Å². The Hall–Kier alpha value is -8.24. The summed E-state index contributed by atoms with van der Waals surface area (Å²) in [6, 6.07) is 52.2. The van der Waals surface area contributed by atoms with Crippen molar-refractivity contribution in [3.05, 3.63) is 170 Å². The van der Waals surface area contributed by atoms with Gasteiger partial charge in [-0.05, 0) is 108 Å². The highest BCUT2D eigenvalue weighted by atomic mass is 16.5. The molecule has 2 aliphatic heterocycles. The van der Waals surface area contributed by atoms with Crippen LogP contribution in [0.25, 0.3) is 56.5 Å². The fraction of sp³-hybridized carbons (Fsp3) is 0. The van der Waals surface area contributed by atoms with Gasteiger partial charge in [-0.3, -0.25) is 0 Å². The van der Waals surface area contributed by atoms with E-state index in [1.807, 2.05) is 97.1 Å². The number of fused-ring (bicyclic) bond motifs is 6. The van der Waals surface area contributed by atoms with Crippen molar-refractivity contribution in [1.82, 2.24) is 19.9 Å². The normalized spacial score (nSPS) is 12.7. The van der Waals surface area contributed by atoms with Crippen molar-refractivity contribution in [2.24, 2.45) is 0 Å². The maximum Gasteiger partial charge on any atom is 0.229 e. The Kier molecular flexibility index (Phi) is 6.99. The lowest BCUT2D eigenvalue weighted by molar-refractivity contribution is 0.476. The van der Waals surface area contributed by atoms with Gasteiger partial charge in [0, 0.05) is 34.9 Å². The maximum absolute atomic E-state index is 6.50. The first-order chi connectivity index (χ1) is 28.7. The number of anilines is 6. The van der Waals surface area contributed by atoms with Gasteiger partial charge in [-0.2, -0.15) is 9.97 Å². The minimum atomic E-state index is 0.422. The van der Waals surface area contributed by atoms with E-state index in [0.29, 0.717) is 34.2 Å². The van der Waals surface area contributed by atoms with Gasteiger partial charge in [0.15, 0.2) is 45.5 Å². The molecule has 0 saturated carbocycles. The zero-order valence-electron chi connectivity index (χ0n) is 30.5. The Morgan fingerprint density at radius 2 is 0.741 bits per heavy atom. The van der Waals surface area contributed by atoms with Gasteiger partial charge in [-0.15, -0.1) is 0 Å². The van der Waals surface area contributed by atoms with Crippen LogP contribution in [-0.4, -0.2) is 19.9 Å². The third-order valence-corrected chi connectivity index (χ3v) is 10.5. The highest BCUT2D eigenvalue weighted by Crippen LogP contribution is 2.54. The molecule has 274 valence electrons. The second-order valence-corrected chi connectivity index (χ2v) is 13.9. The zero-order chi connectivity index (χ0) is 38.2. The average molecular weight is 753 g/mol. The van der Waals surface area contributed by atoms with Crippen LogP contribution in [0.15, 0.2) is 179 Å². The second-order valence-electron chi connectivity index (χ2n) is 13.9. The lowest BCUT2D eigenvalue weighted by Gasteiger charge is -2.33. The lowest BCUT2D eigenvalue weighted by Crippen LogP contribution is -2.16. The van der Waals surface area contributed by atoms with Crippen molar-refractivity contribution in [2.45, 2.75) is 0 Å². The summed E-state index contributed by atoms with van der Waals surface area (Å²) in [5.74, 6) is 3.87. The van der Waals surface area contributed by atoms with E-state index in [0.717, 1.165) is 79.4 Å². The van der Waals surface area contributed by atoms with E-state index in [2.05, 4.69) is 80.4 Å². The van der Waals surface area contributed by atoms with E-state index in [9.17, 15) is 0 Å². The number of aromatic nitrogens is 4. The molecule has 10 aromatic rings. The largest absolute Gasteiger partial charge is 0.453 e. The van der Waals surface area contributed by atoms with Crippen molar-refractivity contribution < 1.29 is 18.3 Å². The summed E-state index contributed by atoms with van der Waals surface area (Å²) in [7, 11) is 0. The molecule has 0 bridgehead atoms. The molecule has 58 heavy (non-hydrogen) atoms. The van der Waals surface area contributed by atoms with E-state index < -0.39 is 0 Å². The predicted octanol–water partition coefficient (Wildman–Crippen LogP) is 12.9. The number of pyridine rings is 2. The number of hydrogen-bond acceptors (Lipinski definition) is 10. The number of para-hydroxylation sites is 8. The number of hydrogen-bond donors (Lipinski definition) is 0. The highest BCUT2D eigenvalue weighted by Gasteiger charge is 2.30. The Labute approximate surface area is 330 Å². The second kappa shape index (κ2) is 12.7. The molecule has 10 nitrogen and oxygen atoms in total. The van der Waals surface area contributed by atoms with E-state index in [1.165, 1.54) is 0 Å². The van der Waals surface area contributed by atoms with Gasteiger partial charge in [0.1, 0.15) is 0 Å². The SMILES string of the molecule is c1ccc2c(c1)Oc1ccccc1N2c1ccc(-c2ccc(N3c4ccccc4Oc4ccccc43)cc2-c2nc3ncccc3o2)c(-c2nc3ncccc3o2)c1. The van der Waals surface area contributed by atoms with Crippen LogP contribution in [0.5, 0.6) is 23.0 Å². The molecule has 0 fully saturated rings. The first-order valence-electron chi connectivity index (χ1n) is 18.8. The van der Waals surface area contributed by atoms with Gasteiger partial charge in [0.2, 0.25) is 11.8 Å². The summed E-state index contributed by atoms with van der Waals surface area (Å²) in [5.41, 5.74) is 10.8. The number of nitrogens with zero attached hydrogens (tertiary/aromatic N) is 6. The van der Waals surface area contributed by atoms with Crippen LogP contribution < -0.4 is 19.3 Å². The van der Waals surface area contributed by atoms with Crippen LogP contribution in [-0.2, 0) is 0 Å². The van der Waals surface area contributed by atoms with Crippen molar-refractivity contribution in [2.75, 3.05) is 9.80 Å². The molecule has 12 rings (SSSR count). The monoisotopic (exact) mass is 752 g/mol. The minimum Gasteiger partial charge on any atom is -0.453 e. The maximum atomic E-state index is 6.50. The summed E-state index contributed by atoms with van der Waals surface area (Å²) in [6.07, 6.45) is 3.43. The van der Waals surface area contributed by atoms with Crippen LogP contribution in [0.1, 0.15) is 0 Å². The summed E-state index contributed by atoms with van der Waals surface area (Å²) < 4.78 is 25.7. The standard InChI is InChI=1S/C48H28N6O4/c1-5-15-39-35(11-1)53(36-12-2-6-16-40(36)55-39)29-21-23-31(33(27-29)47-51-45-43(57-47)19-9-25-49-45)32-24-22-30(28-34(32)48-52-46-44(58-48)20-10-26-50-46)54-37-13-3-7-17-41(37)56-42-18-8-4-14-38(42)54/h1-28H. The number of oxazole rings is 2. The molecular formula is C48H28N6O4. The van der Waals surface area contributed by atoms with Crippen LogP contribution in [0.3, 0.4) is 0 Å². The van der Waals surface area contributed by atoms with E-state index in [-0.39, 0.29) is 0 Å². The van der Waals surface area contributed by atoms with Crippen molar-refractivity contribution in [3.8, 4) is 57.0 Å². The summed E-state index contributed by atoms with van der Waals surface area (Å²) >= 11 is 0. The van der Waals surface area contributed by atoms with Crippen LogP contribution in [0.4, 0.5) is 34.1 Å². The molecule has 10 heteroatoms. The Balaban J connectivity index is 1.11. The minimum absolute atomic E-state index is 0.422. The van der Waals surface area contributed by atoms with Crippen LogP contribution in [0.2, 0.25) is 0 Å². The fourth-order valence-corrected chi connectivity index (χ4v) is 7.90. The topological polar surface area (TPSA) is 103 Å². The van der Waals surface area contributed by atoms with Gasteiger partial charge in [0.25, 0.3) is 0 Å². The Morgan fingerprint density at radius 3 is 1.12 bits per heavy atom. The Bertz CT molecular complexity index is 2870. The smallest absolute Gasteiger partial charge is 0.229 e. The number of benzene rings is 6.